The minimum absolute atomic E-state index is 0.0720. The van der Waals surface area contributed by atoms with Crippen LogP contribution in [0.4, 0.5) is 10.5 Å². The van der Waals surface area contributed by atoms with Gasteiger partial charge in [0.1, 0.15) is 11.4 Å². The van der Waals surface area contributed by atoms with E-state index in [4.69, 9.17) is 9.47 Å². The molecule has 0 aliphatic rings. The highest BCUT2D eigenvalue weighted by Gasteiger charge is 2.38. The van der Waals surface area contributed by atoms with E-state index in [0.717, 1.165) is 60.7 Å². The summed E-state index contributed by atoms with van der Waals surface area (Å²) in [7, 11) is 4.02. The molecule has 0 spiro atoms. The summed E-state index contributed by atoms with van der Waals surface area (Å²) < 4.78 is 11.5. The molecule has 0 atom stereocenters. The van der Waals surface area contributed by atoms with Crippen LogP contribution in [0.25, 0.3) is 12.2 Å². The van der Waals surface area contributed by atoms with Gasteiger partial charge in [-0.1, -0.05) is 218 Å². The Morgan fingerprint density at radius 2 is 0.829 bits per heavy atom. The molecule has 0 heterocycles. The number of thioether (sulfide) groups is 2. The van der Waals surface area contributed by atoms with Gasteiger partial charge in [-0.15, -0.1) is 23.5 Å². The fourth-order valence-corrected chi connectivity index (χ4v) is 13.3. The van der Waals surface area contributed by atoms with E-state index in [1.165, 1.54) is 33.4 Å². The van der Waals surface area contributed by atoms with Crippen LogP contribution in [0.15, 0.2) is 243 Å². The summed E-state index contributed by atoms with van der Waals surface area (Å²) in [6.07, 6.45) is 9.42. The average molecular weight is 1130 g/mol. The summed E-state index contributed by atoms with van der Waals surface area (Å²) in [5.41, 5.74) is 9.65. The van der Waals surface area contributed by atoms with E-state index >= 15 is 0 Å². The van der Waals surface area contributed by atoms with Crippen molar-refractivity contribution in [1.82, 2.24) is 9.80 Å². The molecule has 0 radical (unpaired) electrons. The van der Waals surface area contributed by atoms with Crippen molar-refractivity contribution in [2.45, 2.75) is 55.1 Å². The number of hydrogen-bond acceptors (Lipinski definition) is 8. The molecule has 7 nitrogen and oxygen atoms in total. The van der Waals surface area contributed by atoms with Gasteiger partial charge in [0.15, 0.2) is 5.78 Å². The van der Waals surface area contributed by atoms with Crippen LogP contribution < -0.4 is 9.64 Å². The fraction of sp³-hybridized carbons (Fsp3) is 0.260. The first-order valence-corrected chi connectivity index (χ1v) is 30.6. The Bertz CT molecular complexity index is 3020. The van der Waals surface area contributed by atoms with Crippen LogP contribution >= 0.6 is 23.5 Å². The smallest absolute Gasteiger partial charge is 0.410 e. The Morgan fingerprint density at radius 3 is 1.22 bits per heavy atom. The molecule has 0 aliphatic carbocycles. The monoisotopic (exact) mass is 1130 g/mol. The van der Waals surface area contributed by atoms with Gasteiger partial charge in [0.2, 0.25) is 0 Å². The van der Waals surface area contributed by atoms with Crippen LogP contribution in [0.5, 0.6) is 5.75 Å². The average Bonchev–Trinajstić information content (AvgIpc) is 3.27. The number of carbonyl (C=O) groups excluding carboxylic acids is 2. The lowest BCUT2D eigenvalue weighted by atomic mass is 9.84. The number of anilines is 1. The summed E-state index contributed by atoms with van der Waals surface area (Å²) in [6.45, 7) is 9.82. The number of rotatable bonds is 29. The minimum Gasteiger partial charge on any atom is -0.494 e. The van der Waals surface area contributed by atoms with Crippen molar-refractivity contribution < 1.29 is 19.1 Å². The van der Waals surface area contributed by atoms with Crippen molar-refractivity contribution in [2.75, 3.05) is 69.8 Å². The predicted octanol–water partition coefficient (Wildman–Crippen LogP) is 16.6. The normalized spacial score (nSPS) is 12.0. The van der Waals surface area contributed by atoms with E-state index in [1.54, 1.807) is 12.2 Å². The number of benzene rings is 8. The molecule has 0 saturated heterocycles. The SMILES string of the molecule is CN(C)c1ccc(/C=C/C(=O)/C=C/c2ccc(OCCCCCN(CCSC(c3ccccc3)(c3ccccc3)c3ccccc3)CCN(CCSC(c3ccccc3)(c3ccccc3)c3ccccc3)C(=O)OC(C)(C)C)cc2)cc1. The maximum atomic E-state index is 14.4. The third kappa shape index (κ3) is 17.0. The quantitative estimate of drug-likeness (QED) is 0.0261. The van der Waals surface area contributed by atoms with E-state index in [9.17, 15) is 9.59 Å². The van der Waals surface area contributed by atoms with Gasteiger partial charge in [-0.05, 0) is 128 Å². The van der Waals surface area contributed by atoms with Crippen molar-refractivity contribution >= 4 is 53.2 Å². The molecule has 8 rings (SSSR count). The number of nitrogens with zero attached hydrogens (tertiary/aromatic N) is 3. The summed E-state index contributed by atoms with van der Waals surface area (Å²) in [5, 5.41) is 0. The zero-order valence-corrected chi connectivity index (χ0v) is 50.0. The fourth-order valence-electron chi connectivity index (χ4n) is 10.2. The van der Waals surface area contributed by atoms with Gasteiger partial charge in [-0.25, -0.2) is 4.79 Å². The zero-order chi connectivity index (χ0) is 57.5. The Labute approximate surface area is 497 Å². The first kappa shape index (κ1) is 60.5. The largest absolute Gasteiger partial charge is 0.494 e. The summed E-state index contributed by atoms with van der Waals surface area (Å²) >= 11 is 3.84. The lowest BCUT2D eigenvalue weighted by Crippen LogP contribution is -2.43. The second-order valence-electron chi connectivity index (χ2n) is 21.6. The molecule has 0 N–H and O–H groups in total. The van der Waals surface area contributed by atoms with Crippen molar-refractivity contribution in [3.05, 3.63) is 287 Å². The standard InChI is InChI=1S/C73H79N3O4S2/c1-71(2,3)80-70(78)76(55-58-82-73(64-33-19-9-20-34-64,65-35-21-10-22-36-65)66-37-23-11-24-38-66)53-52-75(54-57-81-72(61-27-13-6-14-28-61,62-29-15-7-16-30-62)63-31-17-8-18-32-63)51-25-12-26-56-79-69-49-43-60(44-50-69)42-48-68(77)47-41-59-39-45-67(46-40-59)74(4)5/h6-11,13-24,27-50H,12,25-26,51-58H2,1-5H3/b47-41+,48-42+. The molecule has 0 fully saturated rings. The molecule has 8 aromatic rings. The van der Waals surface area contributed by atoms with Gasteiger partial charge in [0.05, 0.1) is 16.1 Å². The number of hydrogen-bond donors (Lipinski definition) is 0. The number of amides is 1. The number of ketones is 1. The van der Waals surface area contributed by atoms with E-state index < -0.39 is 15.1 Å². The first-order chi connectivity index (χ1) is 39.9. The van der Waals surface area contributed by atoms with Crippen molar-refractivity contribution in [3.63, 3.8) is 0 Å². The predicted molar refractivity (Wildman–Crippen MR) is 347 cm³/mol. The van der Waals surface area contributed by atoms with Crippen LogP contribution in [0.1, 0.15) is 84.5 Å². The van der Waals surface area contributed by atoms with Gasteiger partial charge in [0, 0.05) is 57.5 Å². The van der Waals surface area contributed by atoms with E-state index in [-0.39, 0.29) is 11.9 Å². The number of ether oxygens (including phenoxy) is 2. The molecule has 422 valence electrons. The molecular formula is C73H79N3O4S2. The van der Waals surface area contributed by atoms with E-state index in [0.29, 0.717) is 32.0 Å². The van der Waals surface area contributed by atoms with E-state index in [2.05, 4.69) is 187 Å². The first-order valence-electron chi connectivity index (χ1n) is 28.6. The summed E-state index contributed by atoms with van der Waals surface area (Å²) in [4.78, 5) is 33.6. The van der Waals surface area contributed by atoms with Gasteiger partial charge in [0.25, 0.3) is 0 Å². The van der Waals surface area contributed by atoms with Crippen LogP contribution in [0.3, 0.4) is 0 Å². The van der Waals surface area contributed by atoms with Gasteiger partial charge >= 0.3 is 6.09 Å². The maximum absolute atomic E-state index is 14.4. The Hall–Kier alpha value is -7.56. The second-order valence-corrected chi connectivity index (χ2v) is 24.2. The third-order valence-electron chi connectivity index (χ3n) is 14.4. The van der Waals surface area contributed by atoms with Gasteiger partial charge in [-0.3, -0.25) is 4.79 Å². The zero-order valence-electron chi connectivity index (χ0n) is 48.3. The number of unbranched alkanes of at least 4 members (excludes halogenated alkanes) is 2. The molecule has 0 aliphatic heterocycles. The Kier molecular flexibility index (Phi) is 22.5. The molecule has 8 aromatic carbocycles. The number of allylic oxidation sites excluding steroid dienone is 2. The van der Waals surface area contributed by atoms with Crippen LogP contribution in [-0.2, 0) is 19.0 Å². The van der Waals surface area contributed by atoms with Gasteiger partial charge in [-0.2, -0.15) is 0 Å². The lowest BCUT2D eigenvalue weighted by Gasteiger charge is -2.37. The highest BCUT2D eigenvalue weighted by Crippen LogP contribution is 2.50. The molecule has 0 bridgehead atoms. The van der Waals surface area contributed by atoms with Crippen LogP contribution in [0.2, 0.25) is 0 Å². The highest BCUT2D eigenvalue weighted by molar-refractivity contribution is 8.00. The van der Waals surface area contributed by atoms with Crippen molar-refractivity contribution in [3.8, 4) is 5.75 Å². The molecule has 0 unspecified atom stereocenters. The number of carbonyl (C=O) groups is 2. The highest BCUT2D eigenvalue weighted by atomic mass is 32.2. The maximum Gasteiger partial charge on any atom is 0.410 e. The Balaban J connectivity index is 0.959. The van der Waals surface area contributed by atoms with Crippen LogP contribution in [-0.4, -0.2) is 92.2 Å². The second kappa shape index (κ2) is 30.5. The summed E-state index contributed by atoms with van der Waals surface area (Å²) in [5.74, 6) is 2.25. The van der Waals surface area contributed by atoms with Crippen molar-refractivity contribution in [2.24, 2.45) is 0 Å². The minimum atomic E-state index is -0.657. The van der Waals surface area contributed by atoms with Crippen molar-refractivity contribution in [1.29, 1.82) is 0 Å². The Morgan fingerprint density at radius 1 is 0.439 bits per heavy atom. The third-order valence-corrected chi connectivity index (χ3v) is 17.4. The molecule has 9 heteroatoms. The summed E-state index contributed by atoms with van der Waals surface area (Å²) in [6, 6.07) is 80.9. The van der Waals surface area contributed by atoms with Crippen LogP contribution in [0, 0.1) is 0 Å². The lowest BCUT2D eigenvalue weighted by molar-refractivity contribution is -0.110. The molecule has 1 amide bonds. The molecule has 0 aromatic heterocycles. The van der Waals surface area contributed by atoms with E-state index in [1.807, 2.05) is 129 Å². The molecular weight excluding hydrogens is 1050 g/mol. The molecule has 0 saturated carbocycles. The topological polar surface area (TPSA) is 62.3 Å². The van der Waals surface area contributed by atoms with Gasteiger partial charge < -0.3 is 24.2 Å². The molecule has 82 heavy (non-hydrogen) atoms.